The van der Waals surface area contributed by atoms with Gasteiger partial charge in [-0.3, -0.25) is 4.98 Å². The number of aromatic nitrogens is 2. The highest BCUT2D eigenvalue weighted by Gasteiger charge is 2.54. The van der Waals surface area contributed by atoms with E-state index < -0.39 is 6.10 Å². The van der Waals surface area contributed by atoms with E-state index in [-0.39, 0.29) is 6.04 Å². The average molecular weight is 517 g/mol. The summed E-state index contributed by atoms with van der Waals surface area (Å²) < 4.78 is 6.38. The standard InChI is InChI=1S/C34H34N3O2/c1-3-22-20-37(21-29-25-8-4-6-10-31(25)36-32-11-7-5-9-26(29)32)17-15-23(22)18-33(37)34(38)27-14-16-35-30-13-12-24(39-2)19-28(27)30/h3-14,16,19,22-23,33-34,38H,1,15,17-18,20-21H2,2H3/q+1/t22?,23?,33-,34+,37?/m0/s1. The summed E-state index contributed by atoms with van der Waals surface area (Å²) in [7, 11) is 1.68. The van der Waals surface area contributed by atoms with Crippen molar-refractivity contribution in [1.82, 2.24) is 9.97 Å². The fraction of sp³-hybridized carbons (Fsp3) is 0.294. The molecule has 39 heavy (non-hydrogen) atoms. The van der Waals surface area contributed by atoms with E-state index in [0.717, 1.165) is 70.2 Å². The van der Waals surface area contributed by atoms with Crippen molar-refractivity contribution in [2.24, 2.45) is 11.8 Å². The number of fused-ring (bicyclic) bond motifs is 6. The summed E-state index contributed by atoms with van der Waals surface area (Å²) in [5.74, 6) is 1.78. The lowest BCUT2D eigenvalue weighted by molar-refractivity contribution is -0.984. The molecule has 3 aromatic carbocycles. The van der Waals surface area contributed by atoms with Gasteiger partial charge in [-0.1, -0.05) is 42.5 Å². The van der Waals surface area contributed by atoms with Crippen LogP contribution in [0.2, 0.25) is 0 Å². The average Bonchev–Trinajstić information content (AvgIpc) is 3.00. The van der Waals surface area contributed by atoms with Crippen LogP contribution in [0.4, 0.5) is 0 Å². The molecule has 0 radical (unpaired) electrons. The molecule has 2 aromatic heterocycles. The summed E-state index contributed by atoms with van der Waals surface area (Å²) >= 11 is 0. The molecular formula is C34H34N3O2+. The first-order chi connectivity index (χ1) is 19.1. The molecule has 5 nitrogen and oxygen atoms in total. The predicted octanol–water partition coefficient (Wildman–Crippen LogP) is 6.59. The summed E-state index contributed by atoms with van der Waals surface area (Å²) in [4.78, 5) is 9.56. The van der Waals surface area contributed by atoms with Gasteiger partial charge in [0.15, 0.2) is 0 Å². The normalized spacial score (nSPS) is 25.2. The van der Waals surface area contributed by atoms with Crippen molar-refractivity contribution in [1.29, 1.82) is 0 Å². The highest BCUT2D eigenvalue weighted by Crippen LogP contribution is 2.49. The zero-order valence-corrected chi connectivity index (χ0v) is 22.3. The molecule has 3 fully saturated rings. The van der Waals surface area contributed by atoms with E-state index in [1.807, 2.05) is 30.5 Å². The van der Waals surface area contributed by atoms with Gasteiger partial charge in [0.1, 0.15) is 24.4 Å². The first kappa shape index (κ1) is 24.3. The summed E-state index contributed by atoms with van der Waals surface area (Å²) in [6, 6.07) is 25.0. The van der Waals surface area contributed by atoms with Crippen LogP contribution >= 0.6 is 0 Å². The molecule has 0 amide bonds. The third-order valence-electron chi connectivity index (χ3n) is 9.51. The number of aliphatic hydroxyl groups excluding tert-OH is 1. The van der Waals surface area contributed by atoms with E-state index >= 15 is 0 Å². The smallest absolute Gasteiger partial charge is 0.131 e. The lowest BCUT2D eigenvalue weighted by atomic mass is 9.71. The number of piperidine rings is 3. The van der Waals surface area contributed by atoms with Crippen molar-refractivity contribution in [3.8, 4) is 5.75 Å². The van der Waals surface area contributed by atoms with Crippen molar-refractivity contribution in [2.45, 2.75) is 31.5 Å². The second kappa shape index (κ2) is 9.44. The summed E-state index contributed by atoms with van der Waals surface area (Å²) in [5.41, 5.74) is 5.21. The molecule has 3 saturated heterocycles. The van der Waals surface area contributed by atoms with E-state index in [1.165, 1.54) is 16.3 Å². The zero-order valence-electron chi connectivity index (χ0n) is 22.3. The maximum absolute atomic E-state index is 12.2. The minimum Gasteiger partial charge on any atom is -0.497 e. The van der Waals surface area contributed by atoms with Gasteiger partial charge in [-0.2, -0.15) is 0 Å². The number of hydrogen-bond donors (Lipinski definition) is 1. The number of methoxy groups -OCH3 is 1. The van der Waals surface area contributed by atoms with Crippen molar-refractivity contribution < 1.29 is 14.3 Å². The highest BCUT2D eigenvalue weighted by atomic mass is 16.5. The van der Waals surface area contributed by atoms with E-state index in [9.17, 15) is 5.11 Å². The van der Waals surface area contributed by atoms with Gasteiger partial charge in [-0.25, -0.2) is 4.98 Å². The van der Waals surface area contributed by atoms with E-state index in [0.29, 0.717) is 11.8 Å². The van der Waals surface area contributed by atoms with Gasteiger partial charge in [0.05, 0.1) is 36.7 Å². The molecule has 8 rings (SSSR count). The van der Waals surface area contributed by atoms with Crippen molar-refractivity contribution in [3.63, 3.8) is 0 Å². The van der Waals surface area contributed by atoms with E-state index in [2.05, 4.69) is 66.2 Å². The molecule has 5 atom stereocenters. The number of pyridine rings is 2. The Morgan fingerprint density at radius 2 is 1.74 bits per heavy atom. The quantitative estimate of drug-likeness (QED) is 0.157. The topological polar surface area (TPSA) is 55.2 Å². The molecule has 5 heterocycles. The number of ether oxygens (including phenoxy) is 1. The molecule has 0 saturated carbocycles. The highest BCUT2D eigenvalue weighted by molar-refractivity contribution is 5.97. The summed E-state index contributed by atoms with van der Waals surface area (Å²) in [6.45, 7) is 7.12. The van der Waals surface area contributed by atoms with Crippen LogP contribution in [0.15, 0.2) is 91.6 Å². The Labute approximate surface area is 229 Å². The maximum atomic E-state index is 12.2. The minimum absolute atomic E-state index is 0.0717. The third kappa shape index (κ3) is 3.91. The van der Waals surface area contributed by atoms with Crippen LogP contribution in [0.1, 0.15) is 30.1 Å². The van der Waals surface area contributed by atoms with Crippen LogP contribution in [0.3, 0.4) is 0 Å². The van der Waals surface area contributed by atoms with Gasteiger partial charge in [-0.15, -0.1) is 6.58 Å². The SMILES string of the molecule is C=CC1C[N+]2(Cc3c4ccccc4nc4ccccc34)CCC1C[C@H]2[C@H](O)c1ccnc2ccc(OC)cc12. The fourth-order valence-corrected chi connectivity index (χ4v) is 7.53. The lowest BCUT2D eigenvalue weighted by Crippen LogP contribution is -2.67. The predicted molar refractivity (Wildman–Crippen MR) is 156 cm³/mol. The largest absolute Gasteiger partial charge is 0.497 e. The van der Waals surface area contributed by atoms with Crippen molar-refractivity contribution >= 4 is 32.7 Å². The molecule has 3 unspecified atom stereocenters. The molecule has 3 aliphatic heterocycles. The van der Waals surface area contributed by atoms with Crippen LogP contribution in [0.5, 0.6) is 5.75 Å². The number of hydrogen-bond acceptors (Lipinski definition) is 4. The third-order valence-corrected chi connectivity index (χ3v) is 9.51. The Morgan fingerprint density at radius 1 is 1.00 bits per heavy atom. The van der Waals surface area contributed by atoms with Crippen LogP contribution in [-0.4, -0.2) is 45.8 Å². The van der Waals surface area contributed by atoms with Crippen molar-refractivity contribution in [3.05, 3.63) is 103 Å². The Bertz CT molecular complexity index is 1660. The molecule has 0 spiro atoms. The Kier molecular flexibility index (Phi) is 5.87. The van der Waals surface area contributed by atoms with Gasteiger partial charge in [0, 0.05) is 46.7 Å². The molecule has 1 N–H and O–H groups in total. The molecule has 2 bridgehead atoms. The number of para-hydroxylation sites is 2. The number of quaternary nitrogens is 1. The van der Waals surface area contributed by atoms with Crippen LogP contribution in [0, 0.1) is 11.8 Å². The summed E-state index contributed by atoms with van der Waals surface area (Å²) in [5, 5.41) is 15.6. The van der Waals surface area contributed by atoms with Gasteiger partial charge < -0.3 is 14.3 Å². The lowest BCUT2D eigenvalue weighted by Gasteiger charge is -2.58. The Balaban J connectivity index is 1.39. The Morgan fingerprint density at radius 3 is 2.46 bits per heavy atom. The number of benzene rings is 3. The van der Waals surface area contributed by atoms with Crippen LogP contribution in [0.25, 0.3) is 32.7 Å². The molecular weight excluding hydrogens is 482 g/mol. The monoisotopic (exact) mass is 516 g/mol. The summed E-state index contributed by atoms with van der Waals surface area (Å²) in [6.07, 6.45) is 5.51. The van der Waals surface area contributed by atoms with Crippen LogP contribution in [-0.2, 0) is 6.54 Å². The fourth-order valence-electron chi connectivity index (χ4n) is 7.53. The van der Waals surface area contributed by atoms with E-state index in [1.54, 1.807) is 7.11 Å². The van der Waals surface area contributed by atoms with Gasteiger partial charge in [0.25, 0.3) is 0 Å². The van der Waals surface area contributed by atoms with Crippen LogP contribution < -0.4 is 4.74 Å². The van der Waals surface area contributed by atoms with Gasteiger partial charge in [0.2, 0.25) is 0 Å². The number of nitrogens with zero attached hydrogens (tertiary/aromatic N) is 3. The van der Waals surface area contributed by atoms with Gasteiger partial charge >= 0.3 is 0 Å². The molecule has 5 aromatic rings. The first-order valence-electron chi connectivity index (χ1n) is 14.0. The first-order valence-corrected chi connectivity index (χ1v) is 14.0. The van der Waals surface area contributed by atoms with Crippen molar-refractivity contribution in [2.75, 3.05) is 20.2 Å². The van der Waals surface area contributed by atoms with Gasteiger partial charge in [-0.05, 0) is 47.9 Å². The zero-order chi connectivity index (χ0) is 26.6. The molecule has 3 aliphatic rings. The molecule has 5 heteroatoms. The number of rotatable bonds is 6. The maximum Gasteiger partial charge on any atom is 0.131 e. The Hall–Kier alpha value is -3.80. The molecule has 196 valence electrons. The second-order valence-corrected chi connectivity index (χ2v) is 11.4. The molecule has 0 aliphatic carbocycles. The van der Waals surface area contributed by atoms with E-state index in [4.69, 9.17) is 9.72 Å². The minimum atomic E-state index is -0.615. The number of aliphatic hydroxyl groups is 1. The second-order valence-electron chi connectivity index (χ2n) is 11.4.